The maximum Gasteiger partial charge on any atom is 0.304 e. The molecule has 7 heteroatoms. The third-order valence-electron chi connectivity index (χ3n) is 6.44. The molecule has 0 aliphatic carbocycles. The summed E-state index contributed by atoms with van der Waals surface area (Å²) in [6.07, 6.45) is 29.7. The lowest BCUT2D eigenvalue weighted by Crippen LogP contribution is -1.99. The minimum absolute atomic E-state index is 0.101. The van der Waals surface area contributed by atoms with E-state index in [2.05, 4.69) is 13.8 Å². The van der Waals surface area contributed by atoms with Gasteiger partial charge in [0.25, 0.3) is 0 Å². The van der Waals surface area contributed by atoms with E-state index in [-0.39, 0.29) is 12.8 Å². The minimum atomic E-state index is -0.840. The maximum atomic E-state index is 9.97. The summed E-state index contributed by atoms with van der Waals surface area (Å²) in [5, 5.41) is 33.6. The molecule has 0 aromatic heterocycles. The molecule has 0 aliphatic rings. The Bertz CT molecular complexity index is 398. The van der Waals surface area contributed by atoms with E-state index >= 15 is 0 Å². The molecule has 39 heavy (non-hydrogen) atoms. The predicted molar refractivity (Wildman–Crippen MR) is 169 cm³/mol. The van der Waals surface area contributed by atoms with Gasteiger partial charge >= 0.3 is 11.9 Å². The van der Waals surface area contributed by atoms with Crippen molar-refractivity contribution in [2.75, 3.05) is 24.7 Å². The van der Waals surface area contributed by atoms with Crippen LogP contribution in [0, 0.1) is 0 Å². The van der Waals surface area contributed by atoms with Gasteiger partial charge in [0.15, 0.2) is 0 Å². The van der Waals surface area contributed by atoms with Gasteiger partial charge < -0.3 is 20.4 Å². The lowest BCUT2D eigenvalue weighted by molar-refractivity contribution is -0.137. The van der Waals surface area contributed by atoms with E-state index in [1.807, 2.05) is 0 Å². The summed E-state index contributed by atoms with van der Waals surface area (Å²) in [7, 11) is 0. The Morgan fingerprint density at radius 1 is 0.436 bits per heavy atom. The molecule has 0 atom stereocenters. The quantitative estimate of drug-likeness (QED) is 0.0684. The van der Waals surface area contributed by atoms with Gasteiger partial charge in [0.1, 0.15) is 0 Å². The average molecular weight is 579 g/mol. The van der Waals surface area contributed by atoms with Crippen LogP contribution in [-0.2, 0) is 9.59 Å². The second kappa shape index (κ2) is 41.7. The SMILES string of the molecule is CCCCCCCCCCCCCO.CCCCCCCCCCCCCO.O=C(O)CCSCCC(=O)O. The Hall–Kier alpha value is -0.790. The maximum absolute atomic E-state index is 9.97. The van der Waals surface area contributed by atoms with E-state index < -0.39 is 11.9 Å². The van der Waals surface area contributed by atoms with E-state index in [4.69, 9.17) is 20.4 Å². The number of carboxylic acid groups (broad SMARTS) is 2. The lowest BCUT2D eigenvalue weighted by Gasteiger charge is -2.01. The minimum Gasteiger partial charge on any atom is -0.481 e. The fourth-order valence-electron chi connectivity index (χ4n) is 3.97. The van der Waals surface area contributed by atoms with E-state index in [0.29, 0.717) is 24.7 Å². The predicted octanol–water partition coefficient (Wildman–Crippen LogP) is 9.25. The first kappa shape index (κ1) is 42.7. The number of hydrogen-bond acceptors (Lipinski definition) is 5. The molecule has 0 saturated heterocycles. The zero-order valence-electron chi connectivity index (χ0n) is 25.8. The molecule has 4 N–H and O–H groups in total. The summed E-state index contributed by atoms with van der Waals surface area (Å²) in [5.74, 6) is -0.703. The number of hydrogen-bond donors (Lipinski definition) is 4. The summed E-state index contributed by atoms with van der Waals surface area (Å²) in [4.78, 5) is 19.9. The highest BCUT2D eigenvalue weighted by atomic mass is 32.2. The van der Waals surface area contributed by atoms with Crippen molar-refractivity contribution in [1.29, 1.82) is 0 Å². The molecule has 0 bridgehead atoms. The highest BCUT2D eigenvalue weighted by Crippen LogP contribution is 2.12. The molecule has 0 saturated carbocycles. The molecule has 0 aromatic rings. The second-order valence-electron chi connectivity index (χ2n) is 10.4. The van der Waals surface area contributed by atoms with Crippen molar-refractivity contribution < 1.29 is 30.0 Å². The molecule has 236 valence electrons. The van der Waals surface area contributed by atoms with Gasteiger partial charge in [-0.25, -0.2) is 0 Å². The normalized spacial score (nSPS) is 10.4. The average Bonchev–Trinajstić information content (AvgIpc) is 2.91. The summed E-state index contributed by atoms with van der Waals surface area (Å²) >= 11 is 1.35. The lowest BCUT2D eigenvalue weighted by atomic mass is 10.1. The Morgan fingerprint density at radius 2 is 0.667 bits per heavy atom. The molecule has 0 rings (SSSR count). The molecule has 0 fully saturated rings. The fraction of sp³-hybridized carbons (Fsp3) is 0.938. The monoisotopic (exact) mass is 578 g/mol. The van der Waals surface area contributed by atoms with Crippen molar-refractivity contribution in [3.63, 3.8) is 0 Å². The van der Waals surface area contributed by atoms with Crippen molar-refractivity contribution in [3.8, 4) is 0 Å². The second-order valence-corrected chi connectivity index (χ2v) is 11.6. The third kappa shape index (κ3) is 54.1. The molecule has 0 heterocycles. The van der Waals surface area contributed by atoms with Gasteiger partial charge in [0.2, 0.25) is 0 Å². The third-order valence-corrected chi connectivity index (χ3v) is 7.43. The first-order chi connectivity index (χ1) is 19.0. The molecule has 0 spiro atoms. The van der Waals surface area contributed by atoms with E-state index in [9.17, 15) is 9.59 Å². The standard InChI is InChI=1S/2C13H28O.C6H10O4S/c2*1-2-3-4-5-6-7-8-9-10-11-12-13-14;7-5(8)1-3-11-4-2-6(9)10/h2*14H,2-13H2,1H3;1-4H2,(H,7,8)(H,9,10). The number of unbranched alkanes of at least 4 members (excludes halogenated alkanes) is 20. The van der Waals surface area contributed by atoms with Crippen LogP contribution in [0.25, 0.3) is 0 Å². The Balaban J connectivity index is -0.000000503. The molecule has 0 unspecified atom stereocenters. The van der Waals surface area contributed by atoms with Crippen molar-refractivity contribution in [3.05, 3.63) is 0 Å². The first-order valence-corrected chi connectivity index (χ1v) is 17.3. The van der Waals surface area contributed by atoms with Crippen molar-refractivity contribution in [2.24, 2.45) is 0 Å². The van der Waals surface area contributed by atoms with Crippen LogP contribution >= 0.6 is 11.8 Å². The van der Waals surface area contributed by atoms with Crippen LogP contribution in [0.5, 0.6) is 0 Å². The van der Waals surface area contributed by atoms with Gasteiger partial charge in [-0.15, -0.1) is 0 Å². The van der Waals surface area contributed by atoms with Crippen molar-refractivity contribution in [1.82, 2.24) is 0 Å². The van der Waals surface area contributed by atoms with Gasteiger partial charge in [-0.2, -0.15) is 11.8 Å². The fourth-order valence-corrected chi connectivity index (χ4v) is 4.82. The van der Waals surface area contributed by atoms with Crippen molar-refractivity contribution in [2.45, 2.75) is 168 Å². The molecular weight excluding hydrogens is 512 g/mol. The molecular formula is C32H66O6S. The summed E-state index contributed by atoms with van der Waals surface area (Å²) in [6, 6.07) is 0. The van der Waals surface area contributed by atoms with Gasteiger partial charge in [0, 0.05) is 24.7 Å². The smallest absolute Gasteiger partial charge is 0.304 e. The van der Waals surface area contributed by atoms with Crippen LogP contribution in [0.3, 0.4) is 0 Å². The molecule has 0 aliphatic heterocycles. The zero-order valence-corrected chi connectivity index (χ0v) is 26.6. The van der Waals surface area contributed by atoms with Crippen molar-refractivity contribution >= 4 is 23.7 Å². The Labute approximate surface area is 246 Å². The first-order valence-electron chi connectivity index (χ1n) is 16.2. The van der Waals surface area contributed by atoms with Crippen LogP contribution in [0.15, 0.2) is 0 Å². The molecule has 0 amide bonds. The number of aliphatic hydroxyl groups is 2. The van der Waals surface area contributed by atoms with Crippen LogP contribution < -0.4 is 0 Å². The molecule has 0 aromatic carbocycles. The van der Waals surface area contributed by atoms with Gasteiger partial charge in [-0.3, -0.25) is 9.59 Å². The summed E-state index contributed by atoms with van der Waals surface area (Å²) in [5.41, 5.74) is 0. The van der Waals surface area contributed by atoms with Gasteiger partial charge in [-0.05, 0) is 12.8 Å². The van der Waals surface area contributed by atoms with Gasteiger partial charge in [0.05, 0.1) is 12.8 Å². The summed E-state index contributed by atoms with van der Waals surface area (Å²) < 4.78 is 0. The highest BCUT2D eigenvalue weighted by molar-refractivity contribution is 7.99. The largest absolute Gasteiger partial charge is 0.481 e. The number of thioether (sulfide) groups is 1. The highest BCUT2D eigenvalue weighted by Gasteiger charge is 1.99. The van der Waals surface area contributed by atoms with Crippen LogP contribution in [0.4, 0.5) is 0 Å². The van der Waals surface area contributed by atoms with Crippen LogP contribution in [0.1, 0.15) is 168 Å². The Kier molecular flexibility index (Phi) is 45.6. The molecule has 0 radical (unpaired) electrons. The van der Waals surface area contributed by atoms with E-state index in [0.717, 1.165) is 12.8 Å². The summed E-state index contributed by atoms with van der Waals surface area (Å²) in [6.45, 7) is 5.27. The van der Waals surface area contributed by atoms with Crippen LogP contribution in [-0.4, -0.2) is 57.1 Å². The molecule has 6 nitrogen and oxygen atoms in total. The van der Waals surface area contributed by atoms with E-state index in [1.54, 1.807) is 0 Å². The van der Waals surface area contributed by atoms with Crippen LogP contribution in [0.2, 0.25) is 0 Å². The number of aliphatic hydroxyl groups excluding tert-OH is 2. The van der Waals surface area contributed by atoms with E-state index in [1.165, 1.54) is 140 Å². The number of rotatable bonds is 28. The number of carboxylic acids is 2. The van der Waals surface area contributed by atoms with Gasteiger partial charge in [-0.1, -0.05) is 142 Å². The number of carbonyl (C=O) groups is 2. The Morgan fingerprint density at radius 3 is 0.872 bits per heavy atom. The zero-order chi connectivity index (χ0) is 29.7. The number of aliphatic carboxylic acids is 2. The topological polar surface area (TPSA) is 115 Å².